The first-order chi connectivity index (χ1) is 8.97. The van der Waals surface area contributed by atoms with E-state index in [1.54, 1.807) is 0 Å². The van der Waals surface area contributed by atoms with Gasteiger partial charge >= 0.3 is 14.9 Å². The molecule has 0 aliphatic rings. The molecule has 0 aromatic carbocycles. The Morgan fingerprint density at radius 2 is 1.53 bits per heavy atom. The van der Waals surface area contributed by atoms with E-state index < -0.39 is 14.9 Å². The Hall–Kier alpha value is -0.633. The first-order valence-electron chi connectivity index (χ1n) is 6.88. The van der Waals surface area contributed by atoms with Crippen molar-refractivity contribution in [3.8, 4) is 0 Å². The summed E-state index contributed by atoms with van der Waals surface area (Å²) in [6, 6.07) is -0.279. The average Bonchev–Trinajstić information content (AvgIpc) is 2.29. The summed E-state index contributed by atoms with van der Waals surface area (Å²) in [5.74, 6) is 0. The topological polar surface area (TPSA) is 77.0 Å². The van der Waals surface area contributed by atoms with Gasteiger partial charge in [-0.1, -0.05) is 6.92 Å². The van der Waals surface area contributed by atoms with Crippen molar-refractivity contribution in [3.63, 3.8) is 0 Å². The van der Waals surface area contributed by atoms with E-state index in [-0.39, 0.29) is 11.6 Å². The maximum Gasteiger partial charge on any atom is 0.506 e. The molecule has 0 saturated heterocycles. The van der Waals surface area contributed by atoms with Crippen LogP contribution in [0.4, 0.5) is 4.79 Å². The smallest absolute Gasteiger partial charge is 0.465 e. The third-order valence-electron chi connectivity index (χ3n) is 2.89. The zero-order valence-electron chi connectivity index (χ0n) is 12.6. The van der Waals surface area contributed by atoms with Crippen molar-refractivity contribution in [2.75, 3.05) is 19.8 Å². The van der Waals surface area contributed by atoms with Gasteiger partial charge in [-0.25, -0.2) is 4.79 Å². The molecule has 2 atom stereocenters. The zero-order valence-corrected chi connectivity index (χ0v) is 13.6. The van der Waals surface area contributed by atoms with Gasteiger partial charge in [0.2, 0.25) is 0 Å². The van der Waals surface area contributed by atoms with Crippen molar-refractivity contribution in [3.05, 3.63) is 0 Å². The molecule has 0 fully saturated rings. The first-order valence-corrected chi connectivity index (χ1v) is 8.68. The Bertz CT molecular complexity index is 247. The lowest BCUT2D eigenvalue weighted by atomic mass is 10.2. The Kier molecular flexibility index (Phi) is 8.99. The Labute approximate surface area is 116 Å². The van der Waals surface area contributed by atoms with Crippen LogP contribution in [-0.2, 0) is 13.3 Å². The van der Waals surface area contributed by atoms with E-state index in [4.69, 9.17) is 18.4 Å². The highest BCUT2D eigenvalue weighted by molar-refractivity contribution is 6.62. The van der Waals surface area contributed by atoms with Crippen molar-refractivity contribution >= 4 is 14.9 Å². The van der Waals surface area contributed by atoms with Crippen LogP contribution >= 0.6 is 0 Å². The number of hydrogen-bond donors (Lipinski definition) is 2. The lowest BCUT2D eigenvalue weighted by Crippen LogP contribution is -2.56. The fourth-order valence-corrected chi connectivity index (χ4v) is 5.55. The van der Waals surface area contributed by atoms with Crippen molar-refractivity contribution in [2.45, 2.75) is 52.6 Å². The summed E-state index contributed by atoms with van der Waals surface area (Å²) in [4.78, 5) is 10.8. The molecule has 19 heavy (non-hydrogen) atoms. The molecule has 2 N–H and O–H groups in total. The number of hydrogen-bond acceptors (Lipinski definition) is 4. The highest BCUT2D eigenvalue weighted by Gasteiger charge is 2.50. The second-order valence-corrected chi connectivity index (χ2v) is 6.97. The van der Waals surface area contributed by atoms with Gasteiger partial charge in [0.1, 0.15) is 0 Å². The van der Waals surface area contributed by atoms with E-state index in [0.29, 0.717) is 19.8 Å². The molecule has 0 aromatic rings. The highest BCUT2D eigenvalue weighted by Crippen LogP contribution is 2.32. The molecule has 114 valence electrons. The van der Waals surface area contributed by atoms with Gasteiger partial charge in [0.05, 0.1) is 0 Å². The SMILES string of the molecule is CCO[Si](OCC)(OCC)C(CC)C(C)NC(=O)O. The van der Waals surface area contributed by atoms with Crippen LogP contribution < -0.4 is 5.32 Å². The van der Waals surface area contributed by atoms with Crippen molar-refractivity contribution < 1.29 is 23.2 Å². The Morgan fingerprint density at radius 3 is 1.79 bits per heavy atom. The molecule has 0 bridgehead atoms. The zero-order chi connectivity index (χ0) is 14.9. The van der Waals surface area contributed by atoms with E-state index in [0.717, 1.165) is 6.42 Å². The predicted octanol–water partition coefficient (Wildman–Crippen LogP) is 2.47. The monoisotopic (exact) mass is 293 g/mol. The minimum atomic E-state index is -2.88. The summed E-state index contributed by atoms with van der Waals surface area (Å²) < 4.78 is 17.5. The summed E-state index contributed by atoms with van der Waals surface area (Å²) in [5, 5.41) is 11.4. The van der Waals surface area contributed by atoms with Gasteiger partial charge in [-0.05, 0) is 34.1 Å². The van der Waals surface area contributed by atoms with E-state index in [1.807, 2.05) is 34.6 Å². The van der Waals surface area contributed by atoms with E-state index in [2.05, 4.69) is 5.32 Å². The van der Waals surface area contributed by atoms with Crippen LogP contribution in [-0.4, -0.2) is 45.9 Å². The van der Waals surface area contributed by atoms with Gasteiger partial charge in [0.15, 0.2) is 0 Å². The second-order valence-electron chi connectivity index (χ2n) is 4.16. The number of amides is 1. The summed E-state index contributed by atoms with van der Waals surface area (Å²) in [7, 11) is -2.88. The summed E-state index contributed by atoms with van der Waals surface area (Å²) in [6.45, 7) is 10.9. The summed E-state index contributed by atoms with van der Waals surface area (Å²) in [6.07, 6.45) is -0.313. The van der Waals surface area contributed by atoms with Crippen molar-refractivity contribution in [1.82, 2.24) is 5.32 Å². The van der Waals surface area contributed by atoms with Crippen LogP contribution in [0.2, 0.25) is 5.54 Å². The molecule has 1 amide bonds. The van der Waals surface area contributed by atoms with Gasteiger partial charge in [0, 0.05) is 31.4 Å². The molecule has 0 aliphatic carbocycles. The normalized spacial score (nSPS) is 15.0. The van der Waals surface area contributed by atoms with E-state index in [9.17, 15) is 4.79 Å². The first kappa shape index (κ1) is 18.4. The van der Waals surface area contributed by atoms with E-state index in [1.165, 1.54) is 0 Å². The maximum atomic E-state index is 10.8. The number of nitrogens with one attached hydrogen (secondary N) is 1. The molecule has 0 radical (unpaired) electrons. The molecule has 0 saturated carbocycles. The molecule has 0 aromatic heterocycles. The fourth-order valence-electron chi connectivity index (χ4n) is 2.25. The average molecular weight is 293 g/mol. The molecule has 0 rings (SSSR count). The van der Waals surface area contributed by atoms with Crippen LogP contribution in [0.15, 0.2) is 0 Å². The van der Waals surface area contributed by atoms with Gasteiger partial charge in [-0.2, -0.15) is 0 Å². The molecule has 6 nitrogen and oxygen atoms in total. The van der Waals surface area contributed by atoms with Crippen molar-refractivity contribution in [2.24, 2.45) is 0 Å². The fraction of sp³-hybridized carbons (Fsp3) is 0.917. The van der Waals surface area contributed by atoms with E-state index >= 15 is 0 Å². The number of rotatable bonds is 10. The minimum Gasteiger partial charge on any atom is -0.465 e. The standard InChI is InChI=1S/C12H27NO5Si/c1-6-11(10(5)13-12(14)15)19(16-7-2,17-8-3)18-9-4/h10-11,13H,6-9H2,1-5H3,(H,14,15). The van der Waals surface area contributed by atoms with Crippen LogP contribution in [0.25, 0.3) is 0 Å². The molecule has 0 aliphatic heterocycles. The lowest BCUT2D eigenvalue weighted by Gasteiger charge is -2.37. The minimum absolute atomic E-state index is 0.0940. The van der Waals surface area contributed by atoms with Crippen LogP contribution in [0.5, 0.6) is 0 Å². The van der Waals surface area contributed by atoms with Crippen LogP contribution in [0.3, 0.4) is 0 Å². The molecule has 0 heterocycles. The molecular formula is C12H27NO5Si. The van der Waals surface area contributed by atoms with Gasteiger partial charge < -0.3 is 23.7 Å². The quantitative estimate of drug-likeness (QED) is 0.605. The van der Waals surface area contributed by atoms with Gasteiger partial charge in [0.25, 0.3) is 0 Å². The van der Waals surface area contributed by atoms with Crippen molar-refractivity contribution in [1.29, 1.82) is 0 Å². The summed E-state index contributed by atoms with van der Waals surface area (Å²) >= 11 is 0. The number of carbonyl (C=O) groups is 1. The summed E-state index contributed by atoms with van der Waals surface area (Å²) in [5.41, 5.74) is -0.0940. The third-order valence-corrected chi connectivity index (χ3v) is 6.77. The Morgan fingerprint density at radius 1 is 1.11 bits per heavy atom. The molecular weight excluding hydrogens is 266 g/mol. The predicted molar refractivity (Wildman–Crippen MR) is 75.3 cm³/mol. The molecule has 2 unspecified atom stereocenters. The van der Waals surface area contributed by atoms with Gasteiger partial charge in [-0.15, -0.1) is 0 Å². The second kappa shape index (κ2) is 9.30. The third kappa shape index (κ3) is 5.48. The van der Waals surface area contributed by atoms with Gasteiger partial charge in [-0.3, -0.25) is 0 Å². The molecule has 7 heteroatoms. The highest BCUT2D eigenvalue weighted by atomic mass is 28.4. The largest absolute Gasteiger partial charge is 0.506 e. The lowest BCUT2D eigenvalue weighted by molar-refractivity contribution is 0.0563. The maximum absolute atomic E-state index is 10.8. The number of carboxylic acid groups (broad SMARTS) is 1. The Balaban J connectivity index is 5.17. The molecule has 0 spiro atoms. The van der Waals surface area contributed by atoms with Crippen LogP contribution in [0.1, 0.15) is 41.0 Å². The van der Waals surface area contributed by atoms with Crippen LogP contribution in [0, 0.1) is 0 Å².